The van der Waals surface area contributed by atoms with Crippen LogP contribution in [-0.4, -0.2) is 55.6 Å². The Balaban J connectivity index is 3.90. The van der Waals surface area contributed by atoms with Crippen LogP contribution in [0.15, 0.2) is 11.8 Å². The summed E-state index contributed by atoms with van der Waals surface area (Å²) >= 11 is 0. The van der Waals surface area contributed by atoms with Gasteiger partial charge in [-0.05, 0) is 40.3 Å². The fraction of sp³-hybridized carbons (Fsp3) is 0.786. The van der Waals surface area contributed by atoms with Gasteiger partial charge in [-0.25, -0.2) is 0 Å². The van der Waals surface area contributed by atoms with Crippen molar-refractivity contribution in [2.24, 2.45) is 0 Å². The Morgan fingerprint density at radius 1 is 1.22 bits per heavy atom. The molecule has 0 atom stereocenters. The second-order valence-corrected chi connectivity index (χ2v) is 5.87. The molecular formula is C14H28N2O2. The normalized spacial score (nSPS) is 12.5. The Hall–Kier alpha value is -1.03. The standard InChI is InChI=1S/C14H28N2O2/c1-12(10-15(5)6)8-9-18-11-13(17)16(7)14(2,3)4/h10H,8-9,11H2,1-7H3/b12-10+. The van der Waals surface area contributed by atoms with Crippen LogP contribution in [0.5, 0.6) is 0 Å². The van der Waals surface area contributed by atoms with Crippen molar-refractivity contribution in [3.05, 3.63) is 11.8 Å². The highest BCUT2D eigenvalue weighted by atomic mass is 16.5. The van der Waals surface area contributed by atoms with Crippen molar-refractivity contribution < 1.29 is 9.53 Å². The number of carbonyl (C=O) groups is 1. The molecule has 106 valence electrons. The number of nitrogens with zero attached hydrogens (tertiary/aromatic N) is 2. The van der Waals surface area contributed by atoms with Crippen LogP contribution in [0.25, 0.3) is 0 Å². The zero-order valence-corrected chi connectivity index (χ0v) is 12.9. The van der Waals surface area contributed by atoms with Crippen LogP contribution in [0.1, 0.15) is 34.1 Å². The summed E-state index contributed by atoms with van der Waals surface area (Å²) in [6.45, 7) is 8.83. The molecule has 0 aliphatic heterocycles. The number of hydrogen-bond acceptors (Lipinski definition) is 3. The van der Waals surface area contributed by atoms with Gasteiger partial charge in [0, 0.05) is 26.7 Å². The van der Waals surface area contributed by atoms with Gasteiger partial charge in [0.05, 0.1) is 6.61 Å². The third-order valence-corrected chi connectivity index (χ3v) is 2.73. The van der Waals surface area contributed by atoms with E-state index in [4.69, 9.17) is 4.74 Å². The van der Waals surface area contributed by atoms with Gasteiger partial charge in [-0.15, -0.1) is 0 Å². The second kappa shape index (κ2) is 7.41. The van der Waals surface area contributed by atoms with E-state index in [2.05, 4.69) is 13.1 Å². The van der Waals surface area contributed by atoms with Gasteiger partial charge in [0.1, 0.15) is 6.61 Å². The van der Waals surface area contributed by atoms with Crippen molar-refractivity contribution in [2.75, 3.05) is 34.4 Å². The predicted molar refractivity (Wildman–Crippen MR) is 75.4 cm³/mol. The van der Waals surface area contributed by atoms with Crippen LogP contribution in [0, 0.1) is 0 Å². The van der Waals surface area contributed by atoms with Gasteiger partial charge >= 0.3 is 0 Å². The first kappa shape index (κ1) is 17.0. The van der Waals surface area contributed by atoms with Gasteiger partial charge < -0.3 is 14.5 Å². The first-order valence-electron chi connectivity index (χ1n) is 6.32. The molecule has 1 amide bonds. The van der Waals surface area contributed by atoms with E-state index in [0.29, 0.717) is 6.61 Å². The van der Waals surface area contributed by atoms with Crippen molar-refractivity contribution >= 4 is 5.91 Å². The molecule has 0 bridgehead atoms. The van der Waals surface area contributed by atoms with Gasteiger partial charge in [0.2, 0.25) is 5.91 Å². The molecule has 0 aliphatic rings. The molecule has 4 nitrogen and oxygen atoms in total. The van der Waals surface area contributed by atoms with E-state index in [-0.39, 0.29) is 18.1 Å². The van der Waals surface area contributed by atoms with Crippen LogP contribution in [0.4, 0.5) is 0 Å². The Morgan fingerprint density at radius 2 is 1.78 bits per heavy atom. The molecule has 0 unspecified atom stereocenters. The lowest BCUT2D eigenvalue weighted by atomic mass is 10.1. The molecule has 0 saturated carbocycles. The minimum Gasteiger partial charge on any atom is -0.384 e. The number of ether oxygens (including phenoxy) is 1. The van der Waals surface area contributed by atoms with Crippen LogP contribution >= 0.6 is 0 Å². The van der Waals surface area contributed by atoms with Gasteiger partial charge in [-0.2, -0.15) is 0 Å². The van der Waals surface area contributed by atoms with Gasteiger partial charge in [-0.3, -0.25) is 4.79 Å². The molecule has 0 aromatic carbocycles. The predicted octanol–water partition coefficient (Wildman–Crippen LogP) is 2.12. The third-order valence-electron chi connectivity index (χ3n) is 2.73. The molecule has 0 aromatic heterocycles. The molecule has 0 fully saturated rings. The number of rotatable bonds is 6. The van der Waals surface area contributed by atoms with Crippen molar-refractivity contribution in [3.63, 3.8) is 0 Å². The third kappa shape index (κ3) is 7.33. The summed E-state index contributed by atoms with van der Waals surface area (Å²) in [7, 11) is 5.79. The average Bonchev–Trinajstić information content (AvgIpc) is 2.20. The molecule has 0 radical (unpaired) electrons. The summed E-state index contributed by atoms with van der Waals surface area (Å²) in [5.41, 5.74) is 1.10. The molecule has 0 spiro atoms. The van der Waals surface area contributed by atoms with Gasteiger partial charge in [-0.1, -0.05) is 5.57 Å². The SMILES string of the molecule is C/C(=C\N(C)C)CCOCC(=O)N(C)C(C)(C)C. The van der Waals surface area contributed by atoms with Crippen molar-refractivity contribution in [1.82, 2.24) is 9.80 Å². The molecule has 0 saturated heterocycles. The fourth-order valence-corrected chi connectivity index (χ4v) is 1.37. The highest BCUT2D eigenvalue weighted by Gasteiger charge is 2.21. The molecule has 0 heterocycles. The quantitative estimate of drug-likeness (QED) is 0.682. The maximum Gasteiger partial charge on any atom is 0.248 e. The Bertz CT molecular complexity index is 291. The van der Waals surface area contributed by atoms with Crippen LogP contribution < -0.4 is 0 Å². The molecular weight excluding hydrogens is 228 g/mol. The largest absolute Gasteiger partial charge is 0.384 e. The Morgan fingerprint density at radius 3 is 2.22 bits per heavy atom. The lowest BCUT2D eigenvalue weighted by Gasteiger charge is -2.31. The summed E-state index contributed by atoms with van der Waals surface area (Å²) in [6, 6.07) is 0. The van der Waals surface area contributed by atoms with E-state index in [1.165, 1.54) is 5.57 Å². The monoisotopic (exact) mass is 256 g/mol. The summed E-state index contributed by atoms with van der Waals surface area (Å²) in [5, 5.41) is 0. The first-order valence-corrected chi connectivity index (χ1v) is 6.32. The average molecular weight is 256 g/mol. The van der Waals surface area contributed by atoms with Crippen molar-refractivity contribution in [2.45, 2.75) is 39.7 Å². The summed E-state index contributed by atoms with van der Waals surface area (Å²) in [4.78, 5) is 15.5. The molecule has 0 rings (SSSR count). The number of likely N-dealkylation sites (N-methyl/N-ethyl adjacent to an activating group) is 1. The van der Waals surface area contributed by atoms with Crippen LogP contribution in [0.3, 0.4) is 0 Å². The number of hydrogen-bond donors (Lipinski definition) is 0. The second-order valence-electron chi connectivity index (χ2n) is 5.87. The summed E-state index contributed by atoms with van der Waals surface area (Å²) < 4.78 is 5.41. The highest BCUT2D eigenvalue weighted by Crippen LogP contribution is 2.10. The highest BCUT2D eigenvalue weighted by molar-refractivity contribution is 5.77. The van der Waals surface area contributed by atoms with E-state index >= 15 is 0 Å². The van der Waals surface area contributed by atoms with E-state index < -0.39 is 0 Å². The molecule has 4 heteroatoms. The maximum absolute atomic E-state index is 11.8. The molecule has 0 aliphatic carbocycles. The Labute approximate surface area is 112 Å². The number of amides is 1. The van der Waals surface area contributed by atoms with E-state index in [1.807, 2.05) is 46.8 Å². The Kier molecular flexibility index (Phi) is 6.99. The van der Waals surface area contributed by atoms with Crippen molar-refractivity contribution in [3.8, 4) is 0 Å². The van der Waals surface area contributed by atoms with Crippen LogP contribution in [-0.2, 0) is 9.53 Å². The van der Waals surface area contributed by atoms with E-state index in [9.17, 15) is 4.79 Å². The maximum atomic E-state index is 11.8. The summed E-state index contributed by atoms with van der Waals surface area (Å²) in [5.74, 6) is 0.0248. The topological polar surface area (TPSA) is 32.8 Å². The first-order chi connectivity index (χ1) is 8.14. The molecule has 0 N–H and O–H groups in total. The van der Waals surface area contributed by atoms with Gasteiger partial charge in [0.15, 0.2) is 0 Å². The van der Waals surface area contributed by atoms with E-state index in [1.54, 1.807) is 4.90 Å². The molecule has 18 heavy (non-hydrogen) atoms. The number of carbonyl (C=O) groups excluding carboxylic acids is 1. The molecule has 0 aromatic rings. The van der Waals surface area contributed by atoms with E-state index in [0.717, 1.165) is 6.42 Å². The summed E-state index contributed by atoms with van der Waals surface area (Å²) in [6.07, 6.45) is 2.91. The minimum absolute atomic E-state index is 0.0248. The zero-order valence-electron chi connectivity index (χ0n) is 12.9. The fourth-order valence-electron chi connectivity index (χ4n) is 1.37. The smallest absolute Gasteiger partial charge is 0.248 e. The lowest BCUT2D eigenvalue weighted by Crippen LogP contribution is -2.44. The van der Waals surface area contributed by atoms with Gasteiger partial charge in [0.25, 0.3) is 0 Å². The zero-order chi connectivity index (χ0) is 14.3. The minimum atomic E-state index is -0.152. The lowest BCUT2D eigenvalue weighted by molar-refractivity contribution is -0.139. The van der Waals surface area contributed by atoms with Crippen LogP contribution in [0.2, 0.25) is 0 Å². The van der Waals surface area contributed by atoms with Crippen molar-refractivity contribution in [1.29, 1.82) is 0 Å².